The van der Waals surface area contributed by atoms with Crippen LogP contribution in [0.3, 0.4) is 0 Å². The van der Waals surface area contributed by atoms with Gasteiger partial charge in [0.1, 0.15) is 18.1 Å². The summed E-state index contributed by atoms with van der Waals surface area (Å²) in [7, 11) is 0. The Bertz CT molecular complexity index is 745. The Morgan fingerprint density at radius 2 is 1.68 bits per heavy atom. The fourth-order valence-corrected chi connectivity index (χ4v) is 3.22. The fraction of sp³-hybridized carbons (Fsp3) is 0.318. The molecule has 3 rings (SSSR count). The first-order chi connectivity index (χ1) is 12.0. The van der Waals surface area contributed by atoms with Gasteiger partial charge in [0.05, 0.1) is 5.92 Å². The van der Waals surface area contributed by atoms with E-state index in [0.29, 0.717) is 6.61 Å². The smallest absolute Gasteiger partial charge is 0.310 e. The van der Waals surface area contributed by atoms with Gasteiger partial charge in [0, 0.05) is 0 Å². The Balaban J connectivity index is 1.53. The van der Waals surface area contributed by atoms with Crippen molar-refractivity contribution in [2.45, 2.75) is 27.4 Å². The van der Waals surface area contributed by atoms with Gasteiger partial charge in [0.25, 0.3) is 0 Å². The highest BCUT2D eigenvalue weighted by molar-refractivity contribution is 5.78. The maximum absolute atomic E-state index is 12.3. The van der Waals surface area contributed by atoms with Gasteiger partial charge in [0.2, 0.25) is 0 Å². The zero-order valence-corrected chi connectivity index (χ0v) is 14.9. The molecule has 3 heteroatoms. The molecule has 0 bridgehead atoms. The first kappa shape index (κ1) is 17.3. The third-order valence-electron chi connectivity index (χ3n) is 4.85. The summed E-state index contributed by atoms with van der Waals surface area (Å²) >= 11 is 0. The number of carbonyl (C=O) groups excluding carboxylic acids is 1. The van der Waals surface area contributed by atoms with Crippen molar-refractivity contribution in [3.8, 4) is 11.5 Å². The lowest BCUT2D eigenvalue weighted by atomic mass is 10.1. The van der Waals surface area contributed by atoms with E-state index in [-0.39, 0.29) is 23.2 Å². The summed E-state index contributed by atoms with van der Waals surface area (Å²) in [4.78, 5) is 12.3. The zero-order chi connectivity index (χ0) is 17.9. The normalized spacial score (nSPS) is 21.1. The van der Waals surface area contributed by atoms with E-state index in [2.05, 4.69) is 19.9 Å². The molecular weight excluding hydrogens is 312 g/mol. The number of carbonyl (C=O) groups is 1. The van der Waals surface area contributed by atoms with E-state index in [1.807, 2.05) is 67.6 Å². The van der Waals surface area contributed by atoms with Gasteiger partial charge in [-0.05, 0) is 48.1 Å². The summed E-state index contributed by atoms with van der Waals surface area (Å²) in [5, 5.41) is 0. The number of benzene rings is 2. The largest absolute Gasteiger partial charge is 0.461 e. The highest BCUT2D eigenvalue weighted by Gasteiger charge is 2.61. The Kier molecular flexibility index (Phi) is 4.93. The van der Waals surface area contributed by atoms with Gasteiger partial charge < -0.3 is 9.47 Å². The average Bonchev–Trinajstić information content (AvgIpc) is 3.16. The second-order valence-corrected chi connectivity index (χ2v) is 7.02. The molecule has 2 aromatic rings. The van der Waals surface area contributed by atoms with Crippen LogP contribution in [0, 0.1) is 17.3 Å². The van der Waals surface area contributed by atoms with Crippen molar-refractivity contribution >= 4 is 5.97 Å². The minimum Gasteiger partial charge on any atom is -0.461 e. The highest BCUT2D eigenvalue weighted by atomic mass is 16.5. The van der Waals surface area contributed by atoms with E-state index in [9.17, 15) is 4.79 Å². The highest BCUT2D eigenvalue weighted by Crippen LogP contribution is 2.59. The molecule has 0 saturated heterocycles. The zero-order valence-electron chi connectivity index (χ0n) is 14.9. The van der Waals surface area contributed by atoms with Gasteiger partial charge >= 0.3 is 5.97 Å². The van der Waals surface area contributed by atoms with E-state index in [1.165, 1.54) is 0 Å². The summed E-state index contributed by atoms with van der Waals surface area (Å²) < 4.78 is 11.3. The van der Waals surface area contributed by atoms with Gasteiger partial charge in [-0.25, -0.2) is 0 Å². The first-order valence-electron chi connectivity index (χ1n) is 8.63. The molecular formula is C22H24O3. The van der Waals surface area contributed by atoms with E-state index in [0.717, 1.165) is 17.1 Å². The van der Waals surface area contributed by atoms with Crippen LogP contribution >= 0.6 is 0 Å². The van der Waals surface area contributed by atoms with E-state index < -0.39 is 0 Å². The third kappa shape index (κ3) is 3.93. The van der Waals surface area contributed by atoms with E-state index >= 15 is 0 Å². The van der Waals surface area contributed by atoms with Crippen LogP contribution < -0.4 is 4.74 Å². The molecule has 0 aromatic heterocycles. The molecule has 25 heavy (non-hydrogen) atoms. The minimum absolute atomic E-state index is 0.00300. The molecule has 0 N–H and O–H groups in total. The standard InChI is InChI=1S/C22H24O3/c1-4-8-19-20(22(19,2)3)21(23)24-15-16-11-13-18(14-12-16)25-17-9-6-5-7-10-17/h4-14,19-20H,15H2,1-3H3/b8-4+. The van der Waals surface area contributed by atoms with Crippen LogP contribution in [0.15, 0.2) is 66.7 Å². The summed E-state index contributed by atoms with van der Waals surface area (Å²) in [5.74, 6) is 1.69. The lowest BCUT2D eigenvalue weighted by Gasteiger charge is -2.08. The molecule has 0 aliphatic heterocycles. The maximum Gasteiger partial charge on any atom is 0.310 e. The second kappa shape index (κ2) is 7.14. The molecule has 1 fully saturated rings. The van der Waals surface area contributed by atoms with Crippen molar-refractivity contribution in [2.75, 3.05) is 0 Å². The number of hydrogen-bond donors (Lipinski definition) is 0. The van der Waals surface area contributed by atoms with Gasteiger partial charge in [0.15, 0.2) is 0 Å². The van der Waals surface area contributed by atoms with E-state index in [1.54, 1.807) is 0 Å². The van der Waals surface area contributed by atoms with Crippen LogP contribution in [-0.4, -0.2) is 5.97 Å². The Morgan fingerprint density at radius 1 is 1.04 bits per heavy atom. The molecule has 0 radical (unpaired) electrons. The molecule has 0 heterocycles. The van der Waals surface area contributed by atoms with Crippen LogP contribution in [0.2, 0.25) is 0 Å². The molecule has 2 atom stereocenters. The molecule has 130 valence electrons. The van der Waals surface area contributed by atoms with Crippen LogP contribution in [0.4, 0.5) is 0 Å². The van der Waals surface area contributed by atoms with Crippen LogP contribution in [-0.2, 0) is 16.1 Å². The Morgan fingerprint density at radius 3 is 2.32 bits per heavy atom. The predicted octanol–water partition coefficient (Wildman–Crippen LogP) is 5.37. The van der Waals surface area contributed by atoms with Crippen molar-refractivity contribution in [2.24, 2.45) is 17.3 Å². The van der Waals surface area contributed by atoms with Gasteiger partial charge in [-0.3, -0.25) is 4.79 Å². The van der Waals surface area contributed by atoms with Crippen molar-refractivity contribution in [3.05, 3.63) is 72.3 Å². The summed E-state index contributed by atoms with van der Waals surface area (Å²) in [6.07, 6.45) is 4.10. The number of rotatable bonds is 6. The molecule has 0 spiro atoms. The second-order valence-electron chi connectivity index (χ2n) is 7.02. The van der Waals surface area contributed by atoms with Gasteiger partial charge in [-0.2, -0.15) is 0 Å². The number of para-hydroxylation sites is 1. The molecule has 1 saturated carbocycles. The number of ether oxygens (including phenoxy) is 2. The Labute approximate surface area is 149 Å². The Hall–Kier alpha value is -2.55. The fourth-order valence-electron chi connectivity index (χ4n) is 3.22. The van der Waals surface area contributed by atoms with Gasteiger partial charge in [-0.15, -0.1) is 0 Å². The number of esters is 1. The van der Waals surface area contributed by atoms with Gasteiger partial charge in [-0.1, -0.05) is 56.3 Å². The molecule has 2 unspecified atom stereocenters. The minimum atomic E-state index is -0.113. The lowest BCUT2D eigenvalue weighted by Crippen LogP contribution is -2.10. The monoisotopic (exact) mass is 336 g/mol. The van der Waals surface area contributed by atoms with Crippen LogP contribution in [0.1, 0.15) is 26.3 Å². The van der Waals surface area contributed by atoms with Crippen LogP contribution in [0.5, 0.6) is 11.5 Å². The summed E-state index contributed by atoms with van der Waals surface area (Å²) in [6.45, 7) is 6.49. The van der Waals surface area contributed by atoms with Crippen LogP contribution in [0.25, 0.3) is 0 Å². The molecule has 1 aliphatic rings. The quantitative estimate of drug-likeness (QED) is 0.525. The molecule has 3 nitrogen and oxygen atoms in total. The van der Waals surface area contributed by atoms with Crippen molar-refractivity contribution < 1.29 is 14.3 Å². The topological polar surface area (TPSA) is 35.5 Å². The van der Waals surface area contributed by atoms with Crippen molar-refractivity contribution in [1.29, 1.82) is 0 Å². The predicted molar refractivity (Wildman–Crippen MR) is 98.3 cm³/mol. The molecule has 0 amide bonds. The first-order valence-corrected chi connectivity index (χ1v) is 8.63. The summed E-state index contributed by atoms with van der Waals surface area (Å²) in [6, 6.07) is 17.3. The molecule has 2 aromatic carbocycles. The number of allylic oxidation sites excluding steroid dienone is 2. The van der Waals surface area contributed by atoms with Crippen molar-refractivity contribution in [1.82, 2.24) is 0 Å². The average molecular weight is 336 g/mol. The van der Waals surface area contributed by atoms with Crippen molar-refractivity contribution in [3.63, 3.8) is 0 Å². The lowest BCUT2D eigenvalue weighted by molar-refractivity contribution is -0.147. The number of hydrogen-bond acceptors (Lipinski definition) is 3. The molecule has 1 aliphatic carbocycles. The third-order valence-corrected chi connectivity index (χ3v) is 4.85. The van der Waals surface area contributed by atoms with E-state index in [4.69, 9.17) is 9.47 Å². The summed E-state index contributed by atoms with van der Waals surface area (Å²) in [5.41, 5.74) is 0.951. The SMILES string of the molecule is C/C=C/C1C(C(=O)OCc2ccc(Oc3ccccc3)cc2)C1(C)C. The maximum atomic E-state index is 12.3.